The Morgan fingerprint density at radius 2 is 2.07 bits per heavy atom. The van der Waals surface area contributed by atoms with Crippen molar-refractivity contribution >= 4 is 15.9 Å². The minimum atomic E-state index is -0.349. The van der Waals surface area contributed by atoms with Gasteiger partial charge in [-0.15, -0.1) is 0 Å². The van der Waals surface area contributed by atoms with E-state index >= 15 is 0 Å². The zero-order chi connectivity index (χ0) is 10.7. The molecule has 0 N–H and O–H groups in total. The molecule has 3 nitrogen and oxygen atoms in total. The fourth-order valence-corrected chi connectivity index (χ4v) is 1.21. The first-order valence-corrected chi connectivity index (χ1v) is 4.94. The Morgan fingerprint density at radius 1 is 1.20 bits per heavy atom. The first-order chi connectivity index (χ1) is 7.24. The Hall–Kier alpha value is -1.49. The van der Waals surface area contributed by atoms with Crippen molar-refractivity contribution < 1.29 is 9.13 Å². The van der Waals surface area contributed by atoms with Crippen LogP contribution in [0.4, 0.5) is 4.39 Å². The van der Waals surface area contributed by atoms with Crippen LogP contribution in [-0.2, 0) is 0 Å². The van der Waals surface area contributed by atoms with E-state index in [-0.39, 0.29) is 5.82 Å². The largest absolute Gasteiger partial charge is 0.437 e. The van der Waals surface area contributed by atoms with Crippen molar-refractivity contribution in [3.05, 3.63) is 47.1 Å². The summed E-state index contributed by atoms with van der Waals surface area (Å²) in [4.78, 5) is 7.88. The molecule has 0 spiro atoms. The number of nitrogens with zero attached hydrogens (tertiary/aromatic N) is 2. The van der Waals surface area contributed by atoms with Gasteiger partial charge < -0.3 is 4.74 Å². The summed E-state index contributed by atoms with van der Waals surface area (Å²) >= 11 is 3.15. The van der Waals surface area contributed by atoms with Gasteiger partial charge in [0.1, 0.15) is 16.2 Å². The van der Waals surface area contributed by atoms with E-state index in [1.165, 1.54) is 24.5 Å². The van der Waals surface area contributed by atoms with Gasteiger partial charge >= 0.3 is 0 Å². The number of benzene rings is 1. The molecule has 0 atom stereocenters. The third-order valence-electron chi connectivity index (χ3n) is 1.62. The average molecular weight is 269 g/mol. The van der Waals surface area contributed by atoms with E-state index in [9.17, 15) is 4.39 Å². The number of ether oxygens (including phenoxy) is 1. The predicted octanol–water partition coefficient (Wildman–Crippen LogP) is 3.17. The highest BCUT2D eigenvalue weighted by Crippen LogP contribution is 2.19. The van der Waals surface area contributed by atoms with Crippen LogP contribution in [0.25, 0.3) is 0 Å². The molecule has 1 aromatic heterocycles. The summed E-state index contributed by atoms with van der Waals surface area (Å²) in [6.45, 7) is 0. The van der Waals surface area contributed by atoms with Gasteiger partial charge in [0.05, 0.1) is 12.4 Å². The molecular formula is C10H6BrFN2O. The first-order valence-electron chi connectivity index (χ1n) is 4.15. The third kappa shape index (κ3) is 2.73. The van der Waals surface area contributed by atoms with Crippen LogP contribution >= 0.6 is 15.9 Å². The van der Waals surface area contributed by atoms with Crippen molar-refractivity contribution in [2.45, 2.75) is 0 Å². The molecule has 0 bridgehead atoms. The third-order valence-corrected chi connectivity index (χ3v) is 2.02. The minimum absolute atomic E-state index is 0.323. The summed E-state index contributed by atoms with van der Waals surface area (Å²) in [6, 6.07) is 5.84. The van der Waals surface area contributed by atoms with Crippen LogP contribution in [0.5, 0.6) is 11.6 Å². The molecule has 0 saturated heterocycles. The molecule has 76 valence electrons. The van der Waals surface area contributed by atoms with Gasteiger partial charge in [-0.05, 0) is 28.1 Å². The smallest absolute Gasteiger partial charge is 0.237 e. The van der Waals surface area contributed by atoms with E-state index in [0.29, 0.717) is 16.2 Å². The van der Waals surface area contributed by atoms with Crippen LogP contribution < -0.4 is 4.74 Å². The molecule has 2 aromatic rings. The highest BCUT2D eigenvalue weighted by atomic mass is 79.9. The van der Waals surface area contributed by atoms with Gasteiger partial charge in [-0.3, -0.25) is 0 Å². The molecule has 1 aromatic carbocycles. The van der Waals surface area contributed by atoms with E-state index in [2.05, 4.69) is 25.9 Å². The maximum Gasteiger partial charge on any atom is 0.237 e. The number of halogens is 2. The van der Waals surface area contributed by atoms with Gasteiger partial charge in [0.2, 0.25) is 5.88 Å². The second kappa shape index (κ2) is 4.35. The van der Waals surface area contributed by atoms with Gasteiger partial charge in [0.15, 0.2) is 0 Å². The lowest BCUT2D eigenvalue weighted by Crippen LogP contribution is -1.89. The fraction of sp³-hybridized carbons (Fsp3) is 0. The van der Waals surface area contributed by atoms with E-state index in [4.69, 9.17) is 4.74 Å². The summed E-state index contributed by atoms with van der Waals surface area (Å²) in [5, 5.41) is 0. The molecule has 0 saturated carbocycles. The van der Waals surface area contributed by atoms with Gasteiger partial charge in [-0.25, -0.2) is 14.4 Å². The van der Waals surface area contributed by atoms with Crippen LogP contribution in [0.1, 0.15) is 0 Å². The molecule has 0 aliphatic rings. The Bertz CT molecular complexity index is 461. The zero-order valence-electron chi connectivity index (χ0n) is 7.52. The minimum Gasteiger partial charge on any atom is -0.437 e. The Labute approximate surface area is 94.1 Å². The second-order valence-corrected chi connectivity index (χ2v) is 3.55. The molecule has 0 aliphatic carbocycles. The van der Waals surface area contributed by atoms with Crippen molar-refractivity contribution in [3.8, 4) is 11.6 Å². The van der Waals surface area contributed by atoms with E-state index in [1.807, 2.05) is 0 Å². The van der Waals surface area contributed by atoms with Crippen molar-refractivity contribution in [3.63, 3.8) is 0 Å². The van der Waals surface area contributed by atoms with Crippen LogP contribution in [-0.4, -0.2) is 9.97 Å². The average Bonchev–Trinajstić information content (AvgIpc) is 2.22. The topological polar surface area (TPSA) is 35.0 Å². The fourth-order valence-electron chi connectivity index (χ4n) is 1.00. The lowest BCUT2D eigenvalue weighted by atomic mass is 10.3. The van der Waals surface area contributed by atoms with Crippen LogP contribution in [0.3, 0.4) is 0 Å². The monoisotopic (exact) mass is 268 g/mol. The first kappa shape index (κ1) is 10.0. The van der Waals surface area contributed by atoms with Crippen molar-refractivity contribution in [2.75, 3.05) is 0 Å². The Balaban J connectivity index is 2.18. The zero-order valence-corrected chi connectivity index (χ0v) is 9.11. The standard InChI is InChI=1S/C10H6BrFN2O/c11-9-5-14-10(6-13-9)15-8-3-1-2-7(12)4-8/h1-6H. The van der Waals surface area contributed by atoms with Gasteiger partial charge in [0.25, 0.3) is 0 Å². The summed E-state index contributed by atoms with van der Waals surface area (Å²) < 4.78 is 18.7. The van der Waals surface area contributed by atoms with E-state index in [0.717, 1.165) is 0 Å². The van der Waals surface area contributed by atoms with Crippen molar-refractivity contribution in [1.29, 1.82) is 0 Å². The van der Waals surface area contributed by atoms with E-state index in [1.54, 1.807) is 12.1 Å². The van der Waals surface area contributed by atoms with Crippen LogP contribution in [0, 0.1) is 5.82 Å². The molecule has 1 heterocycles. The quantitative estimate of drug-likeness (QED) is 0.839. The summed E-state index contributed by atoms with van der Waals surface area (Å²) in [6.07, 6.45) is 2.96. The summed E-state index contributed by atoms with van der Waals surface area (Å²) in [5.41, 5.74) is 0. The SMILES string of the molecule is Fc1cccc(Oc2cnc(Br)cn2)c1. The van der Waals surface area contributed by atoms with Crippen LogP contribution in [0.15, 0.2) is 41.3 Å². The number of aromatic nitrogens is 2. The summed E-state index contributed by atoms with van der Waals surface area (Å²) in [7, 11) is 0. The number of hydrogen-bond donors (Lipinski definition) is 0. The maximum atomic E-state index is 12.8. The van der Waals surface area contributed by atoms with Gasteiger partial charge in [0, 0.05) is 6.07 Å². The van der Waals surface area contributed by atoms with Crippen LogP contribution in [0.2, 0.25) is 0 Å². The molecule has 0 radical (unpaired) electrons. The second-order valence-electron chi connectivity index (χ2n) is 2.74. The molecule has 2 rings (SSSR count). The van der Waals surface area contributed by atoms with Crippen molar-refractivity contribution in [2.24, 2.45) is 0 Å². The normalized spacial score (nSPS) is 10.0. The van der Waals surface area contributed by atoms with E-state index < -0.39 is 0 Å². The van der Waals surface area contributed by atoms with Gasteiger partial charge in [-0.2, -0.15) is 0 Å². The molecule has 0 aliphatic heterocycles. The lowest BCUT2D eigenvalue weighted by Gasteiger charge is -2.03. The highest BCUT2D eigenvalue weighted by Gasteiger charge is 2.00. The molecule has 15 heavy (non-hydrogen) atoms. The summed E-state index contributed by atoms with van der Waals surface area (Å²) in [5.74, 6) is 0.369. The van der Waals surface area contributed by atoms with Crippen molar-refractivity contribution in [1.82, 2.24) is 9.97 Å². The molecule has 0 amide bonds. The number of hydrogen-bond acceptors (Lipinski definition) is 3. The molecule has 5 heteroatoms. The molecular weight excluding hydrogens is 263 g/mol. The maximum absolute atomic E-state index is 12.8. The highest BCUT2D eigenvalue weighted by molar-refractivity contribution is 9.10. The molecule has 0 unspecified atom stereocenters. The molecule has 0 fully saturated rings. The lowest BCUT2D eigenvalue weighted by molar-refractivity contribution is 0.455. The van der Waals surface area contributed by atoms with Gasteiger partial charge in [-0.1, -0.05) is 6.07 Å². The number of rotatable bonds is 2. The Kier molecular flexibility index (Phi) is 2.91. The Morgan fingerprint density at radius 3 is 2.73 bits per heavy atom. The predicted molar refractivity (Wildman–Crippen MR) is 56.2 cm³/mol.